The Morgan fingerprint density at radius 1 is 0.727 bits per heavy atom. The van der Waals surface area contributed by atoms with E-state index < -0.39 is 77.5 Å². The number of Topliss-reactive ketones (excluding diaryl/α,β-unsaturated/α-hetero) is 1. The molecule has 228 valence electrons. The molecule has 5 rings (SSSR count). The Labute approximate surface area is 250 Å². The average Bonchev–Trinajstić information content (AvgIpc) is 2.96. The number of hydrogen-bond donors (Lipinski definition) is 4. The van der Waals surface area contributed by atoms with Gasteiger partial charge < -0.3 is 25.3 Å². The van der Waals surface area contributed by atoms with Gasteiger partial charge in [0, 0.05) is 38.2 Å². The van der Waals surface area contributed by atoms with Crippen molar-refractivity contribution in [2.45, 2.75) is 18.6 Å². The summed E-state index contributed by atoms with van der Waals surface area (Å²) in [6, 6.07) is 11.6. The molecule has 3 aromatic heterocycles. The summed E-state index contributed by atoms with van der Waals surface area (Å²) in [5, 5.41) is 41.7. The number of likely N-dealkylation sites (tertiary alicyclic amines) is 2. The summed E-state index contributed by atoms with van der Waals surface area (Å²) >= 11 is 0. The molecule has 0 saturated carbocycles. The van der Waals surface area contributed by atoms with E-state index in [-0.39, 0.29) is 17.9 Å². The fourth-order valence-corrected chi connectivity index (χ4v) is 7.35. The van der Waals surface area contributed by atoms with Gasteiger partial charge in [0.15, 0.2) is 17.6 Å². The maximum absolute atomic E-state index is 15.3. The number of carboxylic acid groups (broad SMARTS) is 4. The quantitative estimate of drug-likeness (QED) is 0.240. The topological polar surface area (TPSA) is 211 Å². The lowest BCUT2D eigenvalue weighted by Gasteiger charge is -2.64. The summed E-state index contributed by atoms with van der Waals surface area (Å²) in [6.07, 6.45) is 4.32. The monoisotopic (exact) mass is 603 g/mol. The molecule has 2 fully saturated rings. The Bertz CT molecular complexity index is 1470. The van der Waals surface area contributed by atoms with Crippen LogP contribution in [0.25, 0.3) is 0 Å². The van der Waals surface area contributed by atoms with Gasteiger partial charge in [-0.3, -0.25) is 43.8 Å². The number of pyridine rings is 3. The first-order chi connectivity index (χ1) is 21.0. The molecule has 5 heterocycles. The van der Waals surface area contributed by atoms with E-state index in [9.17, 15) is 39.6 Å². The van der Waals surface area contributed by atoms with E-state index in [1.54, 1.807) is 47.4 Å². The molecule has 4 atom stereocenters. The number of aromatic nitrogens is 3. The number of fused-ring (bicyclic) bond motifs is 2. The summed E-state index contributed by atoms with van der Waals surface area (Å²) in [4.78, 5) is 83.1. The number of piperidine rings is 2. The van der Waals surface area contributed by atoms with Crippen LogP contribution in [-0.2, 0) is 30.5 Å². The third-order valence-corrected chi connectivity index (χ3v) is 8.57. The first-order valence-electron chi connectivity index (χ1n) is 13.6. The molecule has 2 aliphatic rings. The second-order valence-electron chi connectivity index (χ2n) is 11.1. The fraction of sp³-hybridized carbons (Fsp3) is 0.333. The number of hydrogen-bond acceptors (Lipinski definition) is 10. The molecular formula is C30H29N5O9. The molecule has 3 aromatic rings. The van der Waals surface area contributed by atoms with Crippen LogP contribution in [0.5, 0.6) is 0 Å². The lowest BCUT2D eigenvalue weighted by Crippen LogP contribution is -2.76. The van der Waals surface area contributed by atoms with Gasteiger partial charge in [0.05, 0.1) is 40.0 Å². The highest BCUT2D eigenvalue weighted by molar-refractivity contribution is 6.09. The van der Waals surface area contributed by atoms with Gasteiger partial charge in [-0.05, 0) is 43.4 Å². The lowest BCUT2D eigenvalue weighted by molar-refractivity contribution is -0.215. The highest BCUT2D eigenvalue weighted by Crippen LogP contribution is 2.64. The molecular weight excluding hydrogens is 574 g/mol. The SMILES string of the molecule is CN1CC2(C(C(=O)O)C(=O)O)C(=O)C(C(C(=O)O)C(=O)O)(C1)C(c1ccccn1)N(Cc1ccccn1)C2c1ccccn1. The molecule has 14 heteroatoms. The van der Waals surface area contributed by atoms with Crippen molar-refractivity contribution in [3.63, 3.8) is 0 Å². The van der Waals surface area contributed by atoms with Crippen LogP contribution in [0.4, 0.5) is 0 Å². The Morgan fingerprint density at radius 2 is 1.14 bits per heavy atom. The van der Waals surface area contributed by atoms with Gasteiger partial charge in [0.1, 0.15) is 0 Å². The normalized spacial score (nSPS) is 25.6. The molecule has 0 amide bonds. The first kappa shape index (κ1) is 30.4. The van der Waals surface area contributed by atoms with E-state index in [4.69, 9.17) is 0 Å². The third-order valence-electron chi connectivity index (χ3n) is 8.57. The number of carbonyl (C=O) groups is 5. The Hall–Kier alpha value is -5.08. The second kappa shape index (κ2) is 11.5. The van der Waals surface area contributed by atoms with Crippen molar-refractivity contribution in [2.75, 3.05) is 20.1 Å². The summed E-state index contributed by atoms with van der Waals surface area (Å²) < 4.78 is 0. The van der Waals surface area contributed by atoms with Gasteiger partial charge >= 0.3 is 23.9 Å². The zero-order valence-electron chi connectivity index (χ0n) is 23.4. The average molecular weight is 604 g/mol. The van der Waals surface area contributed by atoms with E-state index in [1.165, 1.54) is 42.7 Å². The lowest BCUT2D eigenvalue weighted by atomic mass is 9.47. The largest absolute Gasteiger partial charge is 0.481 e. The molecule has 0 spiro atoms. The summed E-state index contributed by atoms with van der Waals surface area (Å²) in [5.74, 6) is -13.3. The Kier molecular flexibility index (Phi) is 7.97. The highest BCUT2D eigenvalue weighted by Gasteiger charge is 2.77. The van der Waals surface area contributed by atoms with Crippen molar-refractivity contribution in [3.8, 4) is 0 Å². The standard InChI is InChI=1S/C30H29N5O9/c1-34-15-29(20(24(36)37)25(38)39)22(18-9-3-6-12-32-18)35(14-17-8-2-5-11-31-17)23(19-10-4-7-13-33-19)30(16-34,28(29)44)21(26(40)41)27(42)43/h2-13,20-23H,14-16H2,1H3,(H,36,37)(H,38,39)(H,40,41)(H,42,43). The number of ketones is 1. The maximum atomic E-state index is 15.3. The van der Waals surface area contributed by atoms with Crippen molar-refractivity contribution in [1.29, 1.82) is 0 Å². The van der Waals surface area contributed by atoms with E-state index in [1.807, 2.05) is 0 Å². The molecule has 4 unspecified atom stereocenters. The number of rotatable bonds is 10. The van der Waals surface area contributed by atoms with Crippen LogP contribution in [0.15, 0.2) is 73.2 Å². The number of carbonyl (C=O) groups excluding carboxylic acids is 1. The number of carboxylic acids is 4. The predicted octanol–water partition coefficient (Wildman–Crippen LogP) is 1.23. The molecule has 44 heavy (non-hydrogen) atoms. The fourth-order valence-electron chi connectivity index (χ4n) is 7.35. The minimum atomic E-state index is -2.41. The smallest absolute Gasteiger partial charge is 0.319 e. The molecule has 0 aliphatic carbocycles. The van der Waals surface area contributed by atoms with Crippen molar-refractivity contribution >= 4 is 29.7 Å². The van der Waals surface area contributed by atoms with Gasteiger partial charge in [0.2, 0.25) is 0 Å². The van der Waals surface area contributed by atoms with Crippen LogP contribution in [0.3, 0.4) is 0 Å². The second-order valence-corrected chi connectivity index (χ2v) is 11.1. The van der Waals surface area contributed by atoms with E-state index in [0.29, 0.717) is 5.69 Å². The molecule has 0 radical (unpaired) electrons. The van der Waals surface area contributed by atoms with Crippen molar-refractivity contribution < 1.29 is 44.4 Å². The van der Waals surface area contributed by atoms with Gasteiger partial charge in [-0.15, -0.1) is 0 Å². The Balaban J connectivity index is 1.98. The summed E-state index contributed by atoms with van der Waals surface area (Å²) in [7, 11) is 1.47. The van der Waals surface area contributed by atoms with Crippen molar-refractivity contribution in [2.24, 2.45) is 22.7 Å². The minimum absolute atomic E-state index is 0.135. The van der Waals surface area contributed by atoms with E-state index >= 15 is 4.79 Å². The molecule has 2 aliphatic heterocycles. The van der Waals surface area contributed by atoms with Gasteiger partial charge in [-0.1, -0.05) is 18.2 Å². The van der Waals surface area contributed by atoms with Crippen molar-refractivity contribution in [3.05, 3.63) is 90.3 Å². The van der Waals surface area contributed by atoms with Gasteiger partial charge in [-0.2, -0.15) is 0 Å². The molecule has 2 saturated heterocycles. The molecule has 2 bridgehead atoms. The van der Waals surface area contributed by atoms with E-state index in [2.05, 4.69) is 15.0 Å². The van der Waals surface area contributed by atoms with Crippen LogP contribution in [0.1, 0.15) is 29.2 Å². The van der Waals surface area contributed by atoms with Gasteiger partial charge in [-0.25, -0.2) is 0 Å². The van der Waals surface area contributed by atoms with Crippen LogP contribution in [-0.4, -0.2) is 95.0 Å². The first-order valence-corrected chi connectivity index (χ1v) is 13.6. The van der Waals surface area contributed by atoms with Crippen LogP contribution < -0.4 is 0 Å². The summed E-state index contributed by atoms with van der Waals surface area (Å²) in [6.45, 7) is -1.06. The minimum Gasteiger partial charge on any atom is -0.481 e. The van der Waals surface area contributed by atoms with Crippen LogP contribution in [0.2, 0.25) is 0 Å². The van der Waals surface area contributed by atoms with Crippen LogP contribution in [0, 0.1) is 22.7 Å². The zero-order valence-corrected chi connectivity index (χ0v) is 23.4. The number of aliphatic carboxylic acids is 4. The molecule has 14 nitrogen and oxygen atoms in total. The highest BCUT2D eigenvalue weighted by atomic mass is 16.4. The molecule has 4 N–H and O–H groups in total. The maximum Gasteiger partial charge on any atom is 0.319 e. The number of nitrogens with zero attached hydrogens (tertiary/aromatic N) is 5. The Morgan fingerprint density at radius 3 is 1.48 bits per heavy atom. The van der Waals surface area contributed by atoms with Gasteiger partial charge in [0.25, 0.3) is 0 Å². The van der Waals surface area contributed by atoms with E-state index in [0.717, 1.165) is 0 Å². The zero-order chi connectivity index (χ0) is 31.8. The summed E-state index contributed by atoms with van der Waals surface area (Å²) in [5.41, 5.74) is -4.15. The van der Waals surface area contributed by atoms with Crippen LogP contribution >= 0.6 is 0 Å². The predicted molar refractivity (Wildman–Crippen MR) is 149 cm³/mol. The molecule has 0 aromatic carbocycles. The third kappa shape index (κ3) is 4.68. The van der Waals surface area contributed by atoms with Crippen molar-refractivity contribution in [1.82, 2.24) is 24.8 Å².